The molecule has 1 heterocycles. The number of hydrogen-bond acceptors (Lipinski definition) is 3. The van der Waals surface area contributed by atoms with Gasteiger partial charge < -0.3 is 14.2 Å². The molecule has 332 valence electrons. The molecule has 0 radical (unpaired) electrons. The Morgan fingerprint density at radius 3 is 0.797 bits per heavy atom. The van der Waals surface area contributed by atoms with Crippen LogP contribution in [-0.4, -0.2) is 18.5 Å². The third-order valence-corrected chi connectivity index (χ3v) is 10.8. The molecular weight excluding hydrogens is 840 g/mol. The number of rotatable bonds is 16. The molecule has 0 aliphatic rings. The summed E-state index contributed by atoms with van der Waals surface area (Å²) in [5, 5.41) is 0. The maximum atomic E-state index is 12.9. The molecule has 0 atom stereocenters. The Balaban J connectivity index is 1.12. The summed E-state index contributed by atoms with van der Waals surface area (Å²) in [6, 6.07) is 47.9. The Hall–Kier alpha value is -6.43. The number of anilines is 6. The first-order chi connectivity index (χ1) is 30.5. The van der Waals surface area contributed by atoms with Crippen molar-refractivity contribution in [3.63, 3.8) is 0 Å². The Kier molecular flexibility index (Phi) is 13.9. The second-order valence-electron chi connectivity index (χ2n) is 15.7. The van der Waals surface area contributed by atoms with Crippen molar-refractivity contribution >= 4 is 34.1 Å². The van der Waals surface area contributed by atoms with Gasteiger partial charge in [0.2, 0.25) is 0 Å². The fourth-order valence-corrected chi connectivity index (χ4v) is 7.49. The minimum atomic E-state index is -4.28. The van der Waals surface area contributed by atoms with Gasteiger partial charge in [-0.3, -0.25) is 0 Å². The molecule has 64 heavy (non-hydrogen) atoms. The number of alkyl halides is 9. The molecule has 0 saturated carbocycles. The highest BCUT2D eigenvalue weighted by atomic mass is 19.4. The third kappa shape index (κ3) is 12.4. The van der Waals surface area contributed by atoms with Crippen LogP contribution in [-0.2, 0) is 25.7 Å². The normalized spacial score (nSPS) is 12.1. The lowest BCUT2D eigenvalue weighted by molar-refractivity contribution is -0.134. The first-order valence-electron chi connectivity index (χ1n) is 21.0. The van der Waals surface area contributed by atoms with E-state index in [0.29, 0.717) is 45.3 Å². The molecular formula is C52H45F9N2O. The molecule has 6 aromatic carbocycles. The summed E-state index contributed by atoms with van der Waals surface area (Å²) in [5.41, 5.74) is 8.98. The quantitative estimate of drug-likeness (QED) is 0.0902. The van der Waals surface area contributed by atoms with Crippen molar-refractivity contribution in [1.82, 2.24) is 0 Å². The van der Waals surface area contributed by atoms with Gasteiger partial charge in [-0.2, -0.15) is 39.5 Å². The summed E-state index contributed by atoms with van der Waals surface area (Å²) >= 11 is 0. The zero-order chi connectivity index (χ0) is 45.5. The van der Waals surface area contributed by atoms with E-state index in [-0.39, 0.29) is 19.3 Å². The van der Waals surface area contributed by atoms with Crippen LogP contribution in [0.2, 0.25) is 0 Å². The van der Waals surface area contributed by atoms with Crippen molar-refractivity contribution in [2.45, 2.75) is 76.8 Å². The van der Waals surface area contributed by atoms with Gasteiger partial charge in [0.25, 0.3) is 0 Å². The zero-order valence-electron chi connectivity index (χ0n) is 34.9. The van der Waals surface area contributed by atoms with Crippen LogP contribution in [0.3, 0.4) is 0 Å². The molecule has 1 aromatic heterocycles. The third-order valence-electron chi connectivity index (χ3n) is 10.8. The molecule has 3 nitrogen and oxygen atoms in total. The lowest BCUT2D eigenvalue weighted by Crippen LogP contribution is -2.11. The van der Waals surface area contributed by atoms with Crippen LogP contribution in [0.4, 0.5) is 73.6 Å². The van der Waals surface area contributed by atoms with Gasteiger partial charge >= 0.3 is 18.5 Å². The van der Waals surface area contributed by atoms with Gasteiger partial charge in [0, 0.05) is 64.5 Å². The average Bonchev–Trinajstić information content (AvgIpc) is 3.77. The Morgan fingerprint density at radius 2 is 0.562 bits per heavy atom. The van der Waals surface area contributed by atoms with Gasteiger partial charge in [-0.15, -0.1) is 0 Å². The minimum absolute atomic E-state index is 0.0979. The minimum Gasteiger partial charge on any atom is -0.456 e. The molecule has 7 aromatic rings. The molecule has 0 fully saturated rings. The van der Waals surface area contributed by atoms with Gasteiger partial charge in [0.15, 0.2) is 0 Å². The molecule has 0 amide bonds. The lowest BCUT2D eigenvalue weighted by Gasteiger charge is -2.26. The second-order valence-corrected chi connectivity index (χ2v) is 15.7. The van der Waals surface area contributed by atoms with E-state index in [1.54, 1.807) is 60.7 Å². The van der Waals surface area contributed by atoms with E-state index in [1.807, 2.05) is 89.8 Å². The van der Waals surface area contributed by atoms with Crippen molar-refractivity contribution in [1.29, 1.82) is 0 Å². The van der Waals surface area contributed by atoms with Crippen molar-refractivity contribution in [3.8, 4) is 22.6 Å². The molecule has 0 aliphatic heterocycles. The van der Waals surface area contributed by atoms with Crippen LogP contribution in [0.25, 0.3) is 22.6 Å². The van der Waals surface area contributed by atoms with Crippen LogP contribution in [0.5, 0.6) is 0 Å². The number of furan rings is 1. The number of nitrogens with zero attached hydrogens (tertiary/aromatic N) is 2. The lowest BCUT2D eigenvalue weighted by atomic mass is 10.1. The highest BCUT2D eigenvalue weighted by Gasteiger charge is 2.28. The second kappa shape index (κ2) is 19.5. The van der Waals surface area contributed by atoms with Gasteiger partial charge in [-0.1, -0.05) is 61.9 Å². The zero-order valence-corrected chi connectivity index (χ0v) is 34.9. The molecule has 0 bridgehead atoms. The van der Waals surface area contributed by atoms with Crippen molar-refractivity contribution in [2.75, 3.05) is 9.80 Å². The fraction of sp³-hybridized carbons (Fsp3) is 0.231. The summed E-state index contributed by atoms with van der Waals surface area (Å²) in [5.74, 6) is 1.22. The van der Waals surface area contributed by atoms with Gasteiger partial charge in [0.1, 0.15) is 11.5 Å². The number of benzene rings is 6. The molecule has 0 aliphatic carbocycles. The monoisotopic (exact) mass is 884 g/mol. The van der Waals surface area contributed by atoms with Crippen molar-refractivity contribution < 1.29 is 43.9 Å². The van der Waals surface area contributed by atoms with Crippen LogP contribution in [0.1, 0.15) is 54.9 Å². The molecule has 12 heteroatoms. The molecule has 7 rings (SSSR count). The van der Waals surface area contributed by atoms with Gasteiger partial charge in [-0.05, 0) is 157 Å². The average molecular weight is 885 g/mol. The first kappa shape index (κ1) is 45.6. The number of halogens is 9. The maximum absolute atomic E-state index is 12.9. The highest BCUT2D eigenvalue weighted by Crippen LogP contribution is 2.40. The first-order valence-corrected chi connectivity index (χ1v) is 21.0. The topological polar surface area (TPSA) is 19.6 Å². The van der Waals surface area contributed by atoms with Gasteiger partial charge in [0.05, 0.1) is 0 Å². The number of hydrogen-bond donors (Lipinski definition) is 0. The van der Waals surface area contributed by atoms with Crippen molar-refractivity contribution in [3.05, 3.63) is 180 Å². The summed E-state index contributed by atoms with van der Waals surface area (Å²) in [6.45, 7) is 2.12. The molecule has 0 spiro atoms. The summed E-state index contributed by atoms with van der Waals surface area (Å²) in [4.78, 5) is 3.93. The van der Waals surface area contributed by atoms with E-state index in [1.165, 1.54) is 5.56 Å². The van der Waals surface area contributed by atoms with E-state index in [9.17, 15) is 39.5 Å². The molecule has 0 unspecified atom stereocenters. The van der Waals surface area contributed by atoms with Crippen LogP contribution in [0.15, 0.2) is 162 Å². The number of aryl methyl sites for hydroxylation is 4. The predicted molar refractivity (Wildman–Crippen MR) is 236 cm³/mol. The Bertz CT molecular complexity index is 2480. The van der Waals surface area contributed by atoms with Gasteiger partial charge in [-0.25, -0.2) is 0 Å². The fourth-order valence-electron chi connectivity index (χ4n) is 7.49. The Labute approximate surface area is 366 Å². The molecule has 0 N–H and O–H groups in total. The van der Waals surface area contributed by atoms with E-state index < -0.39 is 37.8 Å². The molecule has 0 saturated heterocycles. The maximum Gasteiger partial charge on any atom is 0.389 e. The van der Waals surface area contributed by atoms with E-state index in [2.05, 4.69) is 24.0 Å². The summed E-state index contributed by atoms with van der Waals surface area (Å²) < 4.78 is 123. The van der Waals surface area contributed by atoms with E-state index >= 15 is 0 Å². The van der Waals surface area contributed by atoms with Crippen LogP contribution < -0.4 is 9.80 Å². The van der Waals surface area contributed by atoms with Crippen molar-refractivity contribution in [2.24, 2.45) is 0 Å². The van der Waals surface area contributed by atoms with Crippen LogP contribution in [0, 0.1) is 0 Å². The largest absolute Gasteiger partial charge is 0.456 e. The smallest absolute Gasteiger partial charge is 0.389 e. The summed E-state index contributed by atoms with van der Waals surface area (Å²) in [6.07, 6.45) is -14.1. The van der Waals surface area contributed by atoms with E-state index in [0.717, 1.165) is 41.0 Å². The SMILES string of the molecule is CCCc1ccc(N(c2ccc(CCC(F)(F)F)cc2)c2ccc(-c3ccc(-c4ccc(N(c5ccc(CCC(F)(F)F)cc5)c5ccc(CCC(F)(F)F)cc5)cc4)o3)cc2)cc1. The Morgan fingerprint density at radius 1 is 0.328 bits per heavy atom. The highest BCUT2D eigenvalue weighted by molar-refractivity contribution is 5.80. The van der Waals surface area contributed by atoms with E-state index in [4.69, 9.17) is 4.42 Å². The standard InChI is InChI=1S/C52H45F9N2O/c1-2-3-36-4-16-42(17-5-36)62(43-18-6-37(7-19-43)30-33-50(53,54)55)46-24-12-40(13-25-46)48-28-29-49(64-48)41-14-26-47(27-15-41)63(44-20-8-38(9-21-44)31-34-51(56,57)58)45-22-10-39(11-23-45)32-35-52(59,60)61/h4-29H,2-3,30-35H2,1H3. The van der Waals surface area contributed by atoms with Crippen LogP contribution >= 0.6 is 0 Å². The predicted octanol–water partition coefficient (Wildman–Crippen LogP) is 17.0. The summed E-state index contributed by atoms with van der Waals surface area (Å²) in [7, 11) is 0.